The van der Waals surface area contributed by atoms with Gasteiger partial charge in [0.1, 0.15) is 0 Å². The van der Waals surface area contributed by atoms with Crippen LogP contribution in [-0.2, 0) is 13.0 Å². The Hall–Kier alpha value is -1.55. The highest BCUT2D eigenvalue weighted by molar-refractivity contribution is 6.35. The molecule has 0 aliphatic rings. The summed E-state index contributed by atoms with van der Waals surface area (Å²) in [5, 5.41) is 13.8. The molecule has 5 heteroatoms. The molecular weight excluding hydrogens is 333 g/mol. The van der Waals surface area contributed by atoms with Gasteiger partial charge >= 0.3 is 5.97 Å². The van der Waals surface area contributed by atoms with E-state index in [1.54, 1.807) is 24.3 Å². The molecule has 0 unspecified atom stereocenters. The number of carboxylic acid groups (broad SMARTS) is 1. The molecule has 0 amide bonds. The van der Waals surface area contributed by atoms with Crippen molar-refractivity contribution in [2.24, 2.45) is 0 Å². The van der Waals surface area contributed by atoms with Crippen molar-refractivity contribution in [3.63, 3.8) is 0 Å². The molecule has 0 radical (unpaired) electrons. The van der Waals surface area contributed by atoms with Crippen molar-refractivity contribution in [1.29, 1.82) is 0 Å². The fourth-order valence-electron chi connectivity index (χ4n) is 2.36. The van der Waals surface area contributed by atoms with E-state index in [1.165, 1.54) is 0 Å². The Kier molecular flexibility index (Phi) is 5.69. The first kappa shape index (κ1) is 17.8. The molecule has 0 aromatic heterocycles. The second-order valence-corrected chi connectivity index (χ2v) is 7.00. The van der Waals surface area contributed by atoms with Gasteiger partial charge in [0.05, 0.1) is 5.56 Å². The monoisotopic (exact) mass is 351 g/mol. The Balaban J connectivity index is 2.03. The number of benzene rings is 2. The summed E-state index contributed by atoms with van der Waals surface area (Å²) in [6.07, 6.45) is 0.738. The standard InChI is InChI=1S/C18H19Cl2NO2/c1-18(2,10-14-6-7-15(19)9-16(14)20)21-11-12-4-3-5-13(8-12)17(22)23/h3-9,21H,10-11H2,1-2H3,(H,22,23). The van der Waals surface area contributed by atoms with Crippen LogP contribution in [0.1, 0.15) is 35.3 Å². The summed E-state index contributed by atoms with van der Waals surface area (Å²) in [7, 11) is 0. The largest absolute Gasteiger partial charge is 0.478 e. The molecule has 122 valence electrons. The molecule has 0 atom stereocenters. The van der Waals surface area contributed by atoms with Crippen molar-refractivity contribution >= 4 is 29.2 Å². The third-order valence-corrected chi connectivity index (χ3v) is 4.18. The van der Waals surface area contributed by atoms with Crippen molar-refractivity contribution in [1.82, 2.24) is 5.32 Å². The van der Waals surface area contributed by atoms with Gasteiger partial charge in [0.2, 0.25) is 0 Å². The summed E-state index contributed by atoms with van der Waals surface area (Å²) in [5.74, 6) is -0.918. The molecule has 2 rings (SSSR count). The van der Waals surface area contributed by atoms with E-state index in [0.717, 1.165) is 17.5 Å². The minimum atomic E-state index is -0.918. The highest BCUT2D eigenvalue weighted by Gasteiger charge is 2.19. The van der Waals surface area contributed by atoms with Gasteiger partial charge in [-0.3, -0.25) is 0 Å². The summed E-state index contributed by atoms with van der Waals surface area (Å²) < 4.78 is 0. The van der Waals surface area contributed by atoms with Crippen LogP contribution in [0.4, 0.5) is 0 Å². The van der Waals surface area contributed by atoms with Crippen molar-refractivity contribution in [3.05, 3.63) is 69.2 Å². The van der Waals surface area contributed by atoms with E-state index < -0.39 is 5.97 Å². The molecule has 2 aromatic rings. The van der Waals surface area contributed by atoms with Crippen LogP contribution in [0.2, 0.25) is 10.0 Å². The van der Waals surface area contributed by atoms with E-state index in [-0.39, 0.29) is 5.54 Å². The number of carbonyl (C=O) groups is 1. The van der Waals surface area contributed by atoms with E-state index in [4.69, 9.17) is 28.3 Å². The lowest BCUT2D eigenvalue weighted by Gasteiger charge is -2.27. The minimum absolute atomic E-state index is 0.198. The quantitative estimate of drug-likeness (QED) is 0.785. The summed E-state index contributed by atoms with van der Waals surface area (Å²) in [4.78, 5) is 11.0. The lowest BCUT2D eigenvalue weighted by Crippen LogP contribution is -2.40. The van der Waals surface area contributed by atoms with Gasteiger partial charge in [-0.05, 0) is 55.7 Å². The third-order valence-electron chi connectivity index (χ3n) is 3.59. The Morgan fingerprint density at radius 1 is 1.17 bits per heavy atom. The van der Waals surface area contributed by atoms with E-state index in [0.29, 0.717) is 22.2 Å². The summed E-state index contributed by atoms with van der Waals surface area (Å²) >= 11 is 12.2. The van der Waals surface area contributed by atoms with Crippen LogP contribution < -0.4 is 5.32 Å². The fraction of sp³-hybridized carbons (Fsp3) is 0.278. The normalized spacial score (nSPS) is 11.5. The molecule has 0 aliphatic carbocycles. The summed E-state index contributed by atoms with van der Waals surface area (Å²) in [5.41, 5.74) is 2.05. The number of hydrogen-bond acceptors (Lipinski definition) is 2. The van der Waals surface area contributed by atoms with Crippen molar-refractivity contribution in [2.45, 2.75) is 32.4 Å². The first-order chi connectivity index (χ1) is 10.8. The van der Waals surface area contributed by atoms with Gasteiger partial charge in [0.15, 0.2) is 0 Å². The molecule has 0 spiro atoms. The average Bonchev–Trinajstić information content (AvgIpc) is 2.48. The zero-order chi connectivity index (χ0) is 17.0. The number of halogens is 2. The first-order valence-electron chi connectivity index (χ1n) is 7.28. The van der Waals surface area contributed by atoms with Gasteiger partial charge in [-0.1, -0.05) is 41.4 Å². The van der Waals surface area contributed by atoms with Crippen LogP contribution in [-0.4, -0.2) is 16.6 Å². The van der Waals surface area contributed by atoms with Gasteiger partial charge in [-0.25, -0.2) is 4.79 Å². The predicted octanol–water partition coefficient (Wildman–Crippen LogP) is 4.80. The van der Waals surface area contributed by atoms with Crippen LogP contribution >= 0.6 is 23.2 Å². The van der Waals surface area contributed by atoms with Gasteiger partial charge < -0.3 is 10.4 Å². The molecule has 2 aromatic carbocycles. The zero-order valence-electron chi connectivity index (χ0n) is 13.1. The Bertz CT molecular complexity index is 714. The van der Waals surface area contributed by atoms with Gasteiger partial charge in [0.25, 0.3) is 0 Å². The Morgan fingerprint density at radius 2 is 1.91 bits per heavy atom. The number of aromatic carboxylic acids is 1. The van der Waals surface area contributed by atoms with Crippen LogP contribution in [0.5, 0.6) is 0 Å². The molecule has 0 saturated carbocycles. The predicted molar refractivity (Wildman–Crippen MR) is 94.5 cm³/mol. The first-order valence-corrected chi connectivity index (χ1v) is 8.04. The van der Waals surface area contributed by atoms with Crippen molar-refractivity contribution in [3.8, 4) is 0 Å². The topological polar surface area (TPSA) is 49.3 Å². The number of hydrogen-bond donors (Lipinski definition) is 2. The van der Waals surface area contributed by atoms with E-state index in [2.05, 4.69) is 19.2 Å². The molecule has 0 saturated heterocycles. The molecule has 0 fully saturated rings. The van der Waals surface area contributed by atoms with E-state index in [1.807, 2.05) is 18.2 Å². The van der Waals surface area contributed by atoms with Gasteiger partial charge in [0, 0.05) is 22.1 Å². The second-order valence-electron chi connectivity index (χ2n) is 6.16. The summed E-state index contributed by atoms with van der Waals surface area (Å²) in [6, 6.07) is 12.4. The van der Waals surface area contributed by atoms with Crippen LogP contribution in [0, 0.1) is 0 Å². The lowest BCUT2D eigenvalue weighted by atomic mass is 9.94. The molecule has 0 heterocycles. The molecule has 23 heavy (non-hydrogen) atoms. The van der Waals surface area contributed by atoms with E-state index in [9.17, 15) is 4.79 Å². The maximum absolute atomic E-state index is 11.0. The molecule has 0 aliphatic heterocycles. The number of carboxylic acids is 1. The van der Waals surface area contributed by atoms with Crippen LogP contribution in [0.25, 0.3) is 0 Å². The highest BCUT2D eigenvalue weighted by atomic mass is 35.5. The lowest BCUT2D eigenvalue weighted by molar-refractivity contribution is 0.0696. The Morgan fingerprint density at radius 3 is 2.57 bits per heavy atom. The summed E-state index contributed by atoms with van der Waals surface area (Å²) in [6.45, 7) is 4.75. The van der Waals surface area contributed by atoms with Crippen molar-refractivity contribution < 1.29 is 9.90 Å². The van der Waals surface area contributed by atoms with Crippen LogP contribution in [0.15, 0.2) is 42.5 Å². The number of nitrogens with one attached hydrogen (secondary N) is 1. The van der Waals surface area contributed by atoms with Gasteiger partial charge in [-0.2, -0.15) is 0 Å². The zero-order valence-corrected chi connectivity index (χ0v) is 14.6. The molecule has 0 bridgehead atoms. The smallest absolute Gasteiger partial charge is 0.335 e. The third kappa shape index (κ3) is 5.24. The second kappa shape index (κ2) is 7.35. The van der Waals surface area contributed by atoms with Crippen LogP contribution in [0.3, 0.4) is 0 Å². The minimum Gasteiger partial charge on any atom is -0.478 e. The highest BCUT2D eigenvalue weighted by Crippen LogP contribution is 2.24. The van der Waals surface area contributed by atoms with Gasteiger partial charge in [-0.15, -0.1) is 0 Å². The SMILES string of the molecule is CC(C)(Cc1ccc(Cl)cc1Cl)NCc1cccc(C(=O)O)c1. The molecule has 2 N–H and O–H groups in total. The van der Waals surface area contributed by atoms with Crippen molar-refractivity contribution in [2.75, 3.05) is 0 Å². The maximum atomic E-state index is 11.0. The van der Waals surface area contributed by atoms with E-state index >= 15 is 0 Å². The average molecular weight is 352 g/mol. The fourth-order valence-corrected chi connectivity index (χ4v) is 2.83. The number of rotatable bonds is 6. The molecular formula is C18H19Cl2NO2. The molecule has 3 nitrogen and oxygen atoms in total. The maximum Gasteiger partial charge on any atom is 0.335 e. The Labute approximate surface area is 146 Å².